The van der Waals surface area contributed by atoms with E-state index in [0.29, 0.717) is 0 Å². The molecule has 3 heteroatoms. The first-order chi connectivity index (χ1) is 10.8. The topological polar surface area (TPSA) is 3.88 Å². The van der Waals surface area contributed by atoms with Gasteiger partial charge in [-0.05, 0) is 67.2 Å². The minimum atomic E-state index is 0. The summed E-state index contributed by atoms with van der Waals surface area (Å²) in [5, 5.41) is 5.14. The van der Waals surface area contributed by atoms with Crippen molar-refractivity contribution in [3.63, 3.8) is 0 Å². The van der Waals surface area contributed by atoms with Crippen LogP contribution in [0.25, 0.3) is 10.8 Å². The molecule has 1 aromatic carbocycles. The number of nitrogens with zero attached hydrogens (tertiary/aromatic N) is 1. The van der Waals surface area contributed by atoms with Crippen LogP contribution in [-0.2, 0) is 7.05 Å². The van der Waals surface area contributed by atoms with Gasteiger partial charge in [-0.2, -0.15) is 4.57 Å². The van der Waals surface area contributed by atoms with Crippen LogP contribution in [0.2, 0.25) is 0 Å². The van der Waals surface area contributed by atoms with Gasteiger partial charge in [0, 0.05) is 11.3 Å². The van der Waals surface area contributed by atoms with E-state index in [1.807, 2.05) is 0 Å². The fourth-order valence-electron chi connectivity index (χ4n) is 5.63. The molecule has 0 amide bonds. The second-order valence-corrected chi connectivity index (χ2v) is 8.94. The lowest BCUT2D eigenvalue weighted by Gasteiger charge is -2.40. The van der Waals surface area contributed by atoms with Gasteiger partial charge >= 0.3 is 0 Å². The Morgan fingerprint density at radius 3 is 2.70 bits per heavy atom. The molecule has 0 saturated heterocycles. The number of hydrogen-bond acceptors (Lipinski definition) is 1. The minimum absolute atomic E-state index is 0. The highest BCUT2D eigenvalue weighted by Crippen LogP contribution is 2.60. The maximum absolute atomic E-state index is 2.34. The standard InChI is InChI=1S/C20H24NS.HI/c1-21-9-8-14-4-2-3-5-16(14)20(21)22-19-7-6-15-10-13-11-17(15)18(19)12-13;/h2-5,8-9,13,15,17-19H,6-7,10-12H2,1H3;1H/q+1;/p-1. The summed E-state index contributed by atoms with van der Waals surface area (Å²) in [7, 11) is 2.21. The van der Waals surface area contributed by atoms with E-state index in [-0.39, 0.29) is 24.0 Å². The second kappa shape index (κ2) is 6.21. The van der Waals surface area contributed by atoms with Crippen molar-refractivity contribution in [3.8, 4) is 0 Å². The molecule has 0 aliphatic heterocycles. The van der Waals surface area contributed by atoms with Crippen molar-refractivity contribution >= 4 is 22.5 Å². The maximum Gasteiger partial charge on any atom is 0.248 e. The third-order valence-electron chi connectivity index (χ3n) is 6.55. The molecule has 3 aliphatic rings. The molecule has 1 heterocycles. The summed E-state index contributed by atoms with van der Waals surface area (Å²) in [4.78, 5) is 0. The van der Waals surface area contributed by atoms with E-state index in [0.717, 1.165) is 28.9 Å². The van der Waals surface area contributed by atoms with Gasteiger partial charge in [-0.3, -0.25) is 0 Å². The molecule has 2 aromatic rings. The van der Waals surface area contributed by atoms with Crippen LogP contribution in [-0.4, -0.2) is 5.25 Å². The molecule has 2 bridgehead atoms. The average Bonchev–Trinajstić information content (AvgIpc) is 3.13. The molecule has 0 spiro atoms. The van der Waals surface area contributed by atoms with Crippen LogP contribution in [0, 0.1) is 23.7 Å². The number of hydrogen-bond donors (Lipinski definition) is 0. The first-order valence-corrected chi connectivity index (χ1v) is 9.71. The summed E-state index contributed by atoms with van der Waals surface area (Å²) < 4.78 is 2.34. The minimum Gasteiger partial charge on any atom is -1.00 e. The number of thioether (sulfide) groups is 1. The van der Waals surface area contributed by atoms with Crippen LogP contribution in [0.15, 0.2) is 41.6 Å². The van der Waals surface area contributed by atoms with E-state index < -0.39 is 0 Å². The molecule has 1 nitrogen and oxygen atoms in total. The molecule has 5 unspecified atom stereocenters. The number of fused-ring (bicyclic) bond motifs is 2. The summed E-state index contributed by atoms with van der Waals surface area (Å²) in [5.41, 5.74) is 0. The van der Waals surface area contributed by atoms with Gasteiger partial charge in [0.15, 0.2) is 6.20 Å². The van der Waals surface area contributed by atoms with Gasteiger partial charge in [0.05, 0.1) is 5.39 Å². The first kappa shape index (κ1) is 16.2. The highest BCUT2D eigenvalue weighted by atomic mass is 127. The predicted octanol–water partition coefficient (Wildman–Crippen LogP) is 1.59. The Kier molecular flexibility index (Phi) is 4.38. The number of pyridine rings is 1. The molecule has 3 aliphatic carbocycles. The SMILES string of the molecule is C[n+]1ccc2ccccc2c1SC1CCC2CC3CC2C1C3.[I-]. The Bertz CT molecular complexity index is 731. The van der Waals surface area contributed by atoms with Crippen molar-refractivity contribution in [2.75, 3.05) is 0 Å². The largest absolute Gasteiger partial charge is 1.00 e. The Hall–Kier alpha value is -0.290. The van der Waals surface area contributed by atoms with Crippen LogP contribution in [0.1, 0.15) is 32.1 Å². The average molecular weight is 437 g/mol. The fraction of sp³-hybridized carbons (Fsp3) is 0.550. The van der Waals surface area contributed by atoms with Crippen molar-refractivity contribution in [1.29, 1.82) is 0 Å². The summed E-state index contributed by atoms with van der Waals surface area (Å²) >= 11 is 2.18. The van der Waals surface area contributed by atoms with Crippen LogP contribution in [0.4, 0.5) is 0 Å². The number of aryl methyl sites for hydroxylation is 1. The number of benzene rings is 1. The second-order valence-electron chi connectivity index (χ2n) is 7.71. The normalized spacial score (nSPS) is 34.6. The molecule has 0 radical (unpaired) electrons. The highest BCUT2D eigenvalue weighted by molar-refractivity contribution is 8.00. The zero-order valence-corrected chi connectivity index (χ0v) is 16.6. The van der Waals surface area contributed by atoms with Gasteiger partial charge in [0.2, 0.25) is 5.03 Å². The van der Waals surface area contributed by atoms with E-state index in [2.05, 4.69) is 59.9 Å². The van der Waals surface area contributed by atoms with E-state index >= 15 is 0 Å². The lowest BCUT2D eigenvalue weighted by molar-refractivity contribution is -0.706. The van der Waals surface area contributed by atoms with Crippen LogP contribution >= 0.6 is 11.8 Å². The third-order valence-corrected chi connectivity index (χ3v) is 8.17. The number of rotatable bonds is 2. The molecular formula is C20H24INS. The quantitative estimate of drug-likeness (QED) is 0.510. The third kappa shape index (κ3) is 2.62. The Balaban J connectivity index is 0.00000135. The lowest BCUT2D eigenvalue weighted by Crippen LogP contribution is -3.00. The molecule has 122 valence electrons. The molecular weight excluding hydrogens is 413 g/mol. The van der Waals surface area contributed by atoms with E-state index in [1.165, 1.54) is 35.1 Å². The molecule has 5 atom stereocenters. The Labute approximate surface area is 160 Å². The van der Waals surface area contributed by atoms with E-state index in [4.69, 9.17) is 0 Å². The summed E-state index contributed by atoms with van der Waals surface area (Å²) in [5.74, 6) is 4.23. The van der Waals surface area contributed by atoms with Gasteiger partial charge in [0.25, 0.3) is 0 Å². The van der Waals surface area contributed by atoms with Crippen molar-refractivity contribution in [2.24, 2.45) is 30.7 Å². The zero-order chi connectivity index (χ0) is 14.7. The number of halogens is 1. The van der Waals surface area contributed by atoms with Crippen LogP contribution < -0.4 is 28.5 Å². The Morgan fingerprint density at radius 1 is 1.00 bits per heavy atom. The van der Waals surface area contributed by atoms with E-state index in [1.54, 1.807) is 12.8 Å². The van der Waals surface area contributed by atoms with Gasteiger partial charge in [-0.1, -0.05) is 30.0 Å². The van der Waals surface area contributed by atoms with Crippen LogP contribution in [0.5, 0.6) is 0 Å². The van der Waals surface area contributed by atoms with Crippen molar-refractivity contribution < 1.29 is 28.5 Å². The molecule has 1 aromatic heterocycles. The fourth-order valence-corrected chi connectivity index (χ4v) is 7.20. The molecule has 3 saturated carbocycles. The smallest absolute Gasteiger partial charge is 0.248 e. The molecule has 23 heavy (non-hydrogen) atoms. The van der Waals surface area contributed by atoms with Gasteiger partial charge in [0.1, 0.15) is 7.05 Å². The Morgan fingerprint density at radius 2 is 1.83 bits per heavy atom. The van der Waals surface area contributed by atoms with Crippen LogP contribution in [0.3, 0.4) is 0 Å². The van der Waals surface area contributed by atoms with Gasteiger partial charge in [-0.25, -0.2) is 0 Å². The number of aromatic nitrogens is 1. The maximum atomic E-state index is 2.34. The molecule has 5 rings (SSSR count). The van der Waals surface area contributed by atoms with Gasteiger partial charge in [-0.15, -0.1) is 0 Å². The first-order valence-electron chi connectivity index (χ1n) is 8.83. The van der Waals surface area contributed by atoms with Crippen molar-refractivity contribution in [1.82, 2.24) is 0 Å². The lowest BCUT2D eigenvalue weighted by atomic mass is 9.71. The van der Waals surface area contributed by atoms with Crippen molar-refractivity contribution in [2.45, 2.75) is 42.4 Å². The van der Waals surface area contributed by atoms with Crippen molar-refractivity contribution in [3.05, 3.63) is 36.5 Å². The zero-order valence-electron chi connectivity index (χ0n) is 13.6. The summed E-state index contributed by atoms with van der Waals surface area (Å²) in [6.45, 7) is 0. The highest BCUT2D eigenvalue weighted by Gasteiger charge is 2.51. The molecule has 3 fully saturated rings. The summed E-state index contributed by atoms with van der Waals surface area (Å²) in [6.07, 6.45) is 9.79. The summed E-state index contributed by atoms with van der Waals surface area (Å²) in [6, 6.07) is 11.1. The molecule has 0 N–H and O–H groups in total. The van der Waals surface area contributed by atoms with E-state index in [9.17, 15) is 0 Å². The van der Waals surface area contributed by atoms with Gasteiger partial charge < -0.3 is 24.0 Å². The monoisotopic (exact) mass is 437 g/mol. The predicted molar refractivity (Wildman–Crippen MR) is 91.8 cm³/mol.